The van der Waals surface area contributed by atoms with E-state index in [0.29, 0.717) is 43.4 Å². The normalized spacial score (nSPS) is 17.0. The summed E-state index contributed by atoms with van der Waals surface area (Å²) < 4.78 is 26.7. The lowest BCUT2D eigenvalue weighted by atomic mass is 10.1. The van der Waals surface area contributed by atoms with Gasteiger partial charge in [0.2, 0.25) is 15.9 Å². The summed E-state index contributed by atoms with van der Waals surface area (Å²) in [5.41, 5.74) is 0.923. The van der Waals surface area contributed by atoms with E-state index in [9.17, 15) is 13.2 Å². The Morgan fingerprint density at radius 3 is 2.36 bits per heavy atom. The summed E-state index contributed by atoms with van der Waals surface area (Å²) >= 11 is 0. The lowest BCUT2D eigenvalue weighted by Gasteiger charge is -2.34. The van der Waals surface area contributed by atoms with Crippen LogP contribution in [0.2, 0.25) is 0 Å². The first-order chi connectivity index (χ1) is 10.3. The summed E-state index contributed by atoms with van der Waals surface area (Å²) in [6, 6.07) is 6.94. The molecule has 1 fully saturated rings. The summed E-state index contributed by atoms with van der Waals surface area (Å²) in [5, 5.41) is 0. The Bertz CT molecular complexity index is 633. The molecule has 1 aliphatic heterocycles. The van der Waals surface area contributed by atoms with E-state index >= 15 is 0 Å². The van der Waals surface area contributed by atoms with Crippen molar-refractivity contribution in [2.75, 3.05) is 26.2 Å². The minimum Gasteiger partial charge on any atom is -0.340 e. The minimum absolute atomic E-state index is 0.114. The van der Waals surface area contributed by atoms with Gasteiger partial charge in [0.25, 0.3) is 0 Å². The smallest absolute Gasteiger partial charge is 0.243 e. The second-order valence-electron chi connectivity index (χ2n) is 6.20. The molecule has 1 saturated heterocycles. The molecule has 0 aromatic heterocycles. The van der Waals surface area contributed by atoms with Gasteiger partial charge in [-0.15, -0.1) is 0 Å². The van der Waals surface area contributed by atoms with E-state index in [1.807, 2.05) is 26.8 Å². The zero-order chi connectivity index (χ0) is 16.3. The molecule has 6 heteroatoms. The molecule has 0 radical (unpaired) electrons. The van der Waals surface area contributed by atoms with Crippen LogP contribution >= 0.6 is 0 Å². The highest BCUT2D eigenvalue weighted by atomic mass is 32.2. The van der Waals surface area contributed by atoms with Gasteiger partial charge in [-0.05, 0) is 30.5 Å². The number of aryl methyl sites for hydroxylation is 1. The van der Waals surface area contributed by atoms with Gasteiger partial charge in [0, 0.05) is 32.6 Å². The zero-order valence-electron chi connectivity index (χ0n) is 13.4. The van der Waals surface area contributed by atoms with Crippen LogP contribution in [0.4, 0.5) is 0 Å². The van der Waals surface area contributed by atoms with Crippen molar-refractivity contribution < 1.29 is 13.2 Å². The summed E-state index contributed by atoms with van der Waals surface area (Å²) in [6.45, 7) is 7.56. The van der Waals surface area contributed by atoms with Crippen LogP contribution in [0.3, 0.4) is 0 Å². The molecule has 0 spiro atoms. The summed E-state index contributed by atoms with van der Waals surface area (Å²) in [4.78, 5) is 14.1. The van der Waals surface area contributed by atoms with Gasteiger partial charge in [-0.2, -0.15) is 4.31 Å². The molecule has 1 aromatic carbocycles. The Labute approximate surface area is 133 Å². The Morgan fingerprint density at radius 1 is 1.18 bits per heavy atom. The predicted octanol–water partition coefficient (Wildman–Crippen LogP) is 1.87. The molecule has 1 aromatic rings. The number of carbonyl (C=O) groups is 1. The van der Waals surface area contributed by atoms with Crippen molar-refractivity contribution in [3.63, 3.8) is 0 Å². The van der Waals surface area contributed by atoms with Crippen molar-refractivity contribution in [2.24, 2.45) is 5.92 Å². The number of hydrogen-bond acceptors (Lipinski definition) is 3. The molecule has 5 nitrogen and oxygen atoms in total. The number of benzene rings is 1. The fourth-order valence-electron chi connectivity index (χ4n) is 2.58. The Balaban J connectivity index is 2.03. The molecule has 0 bridgehead atoms. The van der Waals surface area contributed by atoms with Crippen LogP contribution < -0.4 is 0 Å². The van der Waals surface area contributed by atoms with Crippen molar-refractivity contribution in [1.82, 2.24) is 9.21 Å². The molecular weight excluding hydrogens is 300 g/mol. The lowest BCUT2D eigenvalue weighted by molar-refractivity contribution is -0.133. The maximum absolute atomic E-state index is 12.6. The number of sulfonamides is 1. The highest BCUT2D eigenvalue weighted by molar-refractivity contribution is 7.89. The van der Waals surface area contributed by atoms with E-state index in [-0.39, 0.29) is 5.91 Å². The van der Waals surface area contributed by atoms with Gasteiger partial charge < -0.3 is 4.90 Å². The van der Waals surface area contributed by atoms with E-state index in [4.69, 9.17) is 0 Å². The number of piperazine rings is 1. The van der Waals surface area contributed by atoms with E-state index in [1.54, 1.807) is 23.1 Å². The first-order valence-corrected chi connectivity index (χ1v) is 9.09. The van der Waals surface area contributed by atoms with E-state index in [0.717, 1.165) is 5.56 Å². The van der Waals surface area contributed by atoms with Crippen LogP contribution in [-0.4, -0.2) is 49.7 Å². The van der Waals surface area contributed by atoms with Crippen LogP contribution in [0.15, 0.2) is 29.2 Å². The molecule has 2 rings (SSSR count). The molecule has 0 saturated carbocycles. The van der Waals surface area contributed by atoms with Crippen LogP contribution in [0.25, 0.3) is 0 Å². The molecule has 0 aliphatic carbocycles. The van der Waals surface area contributed by atoms with Gasteiger partial charge in [-0.3, -0.25) is 4.79 Å². The molecule has 0 atom stereocenters. The summed E-state index contributed by atoms with van der Waals surface area (Å²) in [5.74, 6) is 0.434. The first kappa shape index (κ1) is 17.0. The second-order valence-corrected chi connectivity index (χ2v) is 8.14. The quantitative estimate of drug-likeness (QED) is 0.849. The largest absolute Gasteiger partial charge is 0.340 e. The molecule has 0 unspecified atom stereocenters. The summed E-state index contributed by atoms with van der Waals surface area (Å²) in [7, 11) is -3.46. The molecule has 122 valence electrons. The van der Waals surface area contributed by atoms with Gasteiger partial charge in [0.05, 0.1) is 4.90 Å². The van der Waals surface area contributed by atoms with Gasteiger partial charge in [-0.25, -0.2) is 8.42 Å². The SMILES string of the molecule is Cc1cccc(S(=O)(=O)N2CCN(C(=O)CC(C)C)CC2)c1. The van der Waals surface area contributed by atoms with Crippen LogP contribution in [0.1, 0.15) is 25.8 Å². The lowest BCUT2D eigenvalue weighted by Crippen LogP contribution is -2.50. The Kier molecular flexibility index (Phi) is 5.24. The Morgan fingerprint density at radius 2 is 1.82 bits per heavy atom. The van der Waals surface area contributed by atoms with E-state index < -0.39 is 10.0 Å². The number of rotatable bonds is 4. The standard InChI is InChI=1S/C16H24N2O3S/c1-13(2)11-16(19)17-7-9-18(10-8-17)22(20,21)15-6-4-5-14(3)12-15/h4-6,12-13H,7-11H2,1-3H3. The molecular formula is C16H24N2O3S. The maximum atomic E-state index is 12.6. The monoisotopic (exact) mass is 324 g/mol. The average Bonchev–Trinajstić information content (AvgIpc) is 2.46. The minimum atomic E-state index is -3.46. The number of amides is 1. The fraction of sp³-hybridized carbons (Fsp3) is 0.562. The van der Waals surface area contributed by atoms with Crippen molar-refractivity contribution in [2.45, 2.75) is 32.1 Å². The van der Waals surface area contributed by atoms with Crippen LogP contribution in [0, 0.1) is 12.8 Å². The number of carbonyl (C=O) groups excluding carboxylic acids is 1. The number of nitrogens with zero attached hydrogens (tertiary/aromatic N) is 2. The first-order valence-electron chi connectivity index (χ1n) is 7.65. The number of hydrogen-bond donors (Lipinski definition) is 0. The fourth-order valence-corrected chi connectivity index (χ4v) is 4.11. The van der Waals surface area contributed by atoms with Crippen LogP contribution in [-0.2, 0) is 14.8 Å². The van der Waals surface area contributed by atoms with Crippen molar-refractivity contribution in [3.8, 4) is 0 Å². The third-order valence-electron chi connectivity index (χ3n) is 3.80. The predicted molar refractivity (Wildman–Crippen MR) is 86.0 cm³/mol. The third kappa shape index (κ3) is 3.87. The highest BCUT2D eigenvalue weighted by Crippen LogP contribution is 2.19. The zero-order valence-corrected chi connectivity index (χ0v) is 14.3. The molecule has 1 aliphatic rings. The van der Waals surface area contributed by atoms with E-state index in [1.165, 1.54) is 4.31 Å². The van der Waals surface area contributed by atoms with E-state index in [2.05, 4.69) is 0 Å². The maximum Gasteiger partial charge on any atom is 0.243 e. The molecule has 1 amide bonds. The van der Waals surface area contributed by atoms with Gasteiger partial charge >= 0.3 is 0 Å². The molecule has 22 heavy (non-hydrogen) atoms. The van der Waals surface area contributed by atoms with Crippen molar-refractivity contribution in [3.05, 3.63) is 29.8 Å². The third-order valence-corrected chi connectivity index (χ3v) is 5.70. The topological polar surface area (TPSA) is 57.7 Å². The van der Waals surface area contributed by atoms with Gasteiger partial charge in [-0.1, -0.05) is 26.0 Å². The van der Waals surface area contributed by atoms with Crippen molar-refractivity contribution >= 4 is 15.9 Å². The van der Waals surface area contributed by atoms with Gasteiger partial charge in [0.1, 0.15) is 0 Å². The average molecular weight is 324 g/mol. The van der Waals surface area contributed by atoms with Crippen molar-refractivity contribution in [1.29, 1.82) is 0 Å². The highest BCUT2D eigenvalue weighted by Gasteiger charge is 2.30. The Hall–Kier alpha value is -1.40. The summed E-state index contributed by atoms with van der Waals surface area (Å²) in [6.07, 6.45) is 0.518. The molecule has 1 heterocycles. The molecule has 0 N–H and O–H groups in total. The van der Waals surface area contributed by atoms with Gasteiger partial charge in [0.15, 0.2) is 0 Å². The second kappa shape index (κ2) is 6.79. The van der Waals surface area contributed by atoms with Crippen LogP contribution in [0.5, 0.6) is 0 Å².